The largest absolute Gasteiger partial charge is 0.490 e. The van der Waals surface area contributed by atoms with E-state index in [-0.39, 0.29) is 36.5 Å². The van der Waals surface area contributed by atoms with Gasteiger partial charge in [0.2, 0.25) is 5.91 Å². The van der Waals surface area contributed by atoms with E-state index >= 15 is 0 Å². The first-order valence-corrected chi connectivity index (χ1v) is 13.8. The van der Waals surface area contributed by atoms with Crippen LogP contribution in [0.3, 0.4) is 0 Å². The number of carbonyl (C=O) groups excluding carboxylic acids is 2. The van der Waals surface area contributed by atoms with E-state index in [1.807, 2.05) is 24.3 Å². The highest BCUT2D eigenvalue weighted by atomic mass is 16.5. The Morgan fingerprint density at radius 2 is 1.95 bits per heavy atom. The van der Waals surface area contributed by atoms with Crippen LogP contribution in [-0.2, 0) is 11.2 Å². The number of ether oxygens (including phenoxy) is 2. The Kier molecular flexibility index (Phi) is 6.29. The molecule has 0 saturated heterocycles. The van der Waals surface area contributed by atoms with Crippen molar-refractivity contribution < 1.29 is 24.2 Å². The zero-order chi connectivity index (χ0) is 27.4. The van der Waals surface area contributed by atoms with E-state index in [0.29, 0.717) is 23.0 Å². The van der Waals surface area contributed by atoms with Gasteiger partial charge in [0.15, 0.2) is 0 Å². The molecule has 1 aromatic carbocycles. The molecule has 6 rings (SSSR count). The van der Waals surface area contributed by atoms with Gasteiger partial charge >= 0.3 is 0 Å². The summed E-state index contributed by atoms with van der Waals surface area (Å²) in [6.07, 6.45) is 9.92. The number of pyridine rings is 1. The second kappa shape index (κ2) is 9.55. The summed E-state index contributed by atoms with van der Waals surface area (Å²) >= 11 is 0. The molecule has 0 unspecified atom stereocenters. The van der Waals surface area contributed by atoms with Crippen molar-refractivity contribution in [3.05, 3.63) is 59.4 Å². The van der Waals surface area contributed by atoms with E-state index in [0.717, 1.165) is 36.8 Å². The molecule has 206 valence electrons. The van der Waals surface area contributed by atoms with Gasteiger partial charge in [-0.1, -0.05) is 6.07 Å². The molecule has 0 aliphatic heterocycles. The number of nitrogens with two attached hydrogens (primary N) is 1. The lowest BCUT2D eigenvalue weighted by molar-refractivity contribution is -0.126. The molecular formula is C30H36N4O5. The fraction of sp³-hybridized carbons (Fsp3) is 0.500. The molecule has 9 heteroatoms. The first kappa shape index (κ1) is 25.7. The van der Waals surface area contributed by atoms with Crippen LogP contribution in [0.2, 0.25) is 0 Å². The van der Waals surface area contributed by atoms with Crippen molar-refractivity contribution >= 4 is 17.3 Å². The second-order valence-corrected chi connectivity index (χ2v) is 12.4. The maximum absolute atomic E-state index is 12.8. The van der Waals surface area contributed by atoms with Crippen molar-refractivity contribution in [3.63, 3.8) is 0 Å². The minimum atomic E-state index is -0.925. The number of hydrogen-bond acceptors (Lipinski definition) is 6. The third kappa shape index (κ3) is 5.59. The van der Waals surface area contributed by atoms with E-state index in [1.54, 1.807) is 36.8 Å². The molecule has 2 amide bonds. The molecule has 0 radical (unpaired) electrons. The van der Waals surface area contributed by atoms with E-state index in [9.17, 15) is 14.7 Å². The average Bonchev–Trinajstić information content (AvgIpc) is 3.61. The summed E-state index contributed by atoms with van der Waals surface area (Å²) in [6.45, 7) is 3.55. The molecule has 3 aliphatic rings. The van der Waals surface area contributed by atoms with Gasteiger partial charge in [0.05, 0.1) is 41.6 Å². The normalized spacial score (nSPS) is 24.2. The monoisotopic (exact) mass is 532 g/mol. The van der Waals surface area contributed by atoms with Gasteiger partial charge in [0.25, 0.3) is 5.91 Å². The van der Waals surface area contributed by atoms with E-state index < -0.39 is 11.5 Å². The molecule has 4 N–H and O–H groups in total. The molecule has 2 aromatic heterocycles. The zero-order valence-corrected chi connectivity index (χ0v) is 22.5. The summed E-state index contributed by atoms with van der Waals surface area (Å²) in [5.74, 6) is 1.32. The number of aromatic nitrogens is 2. The summed E-state index contributed by atoms with van der Waals surface area (Å²) in [6, 6.07) is 9.65. The Hall–Kier alpha value is -3.59. The Labute approximate surface area is 227 Å². The fourth-order valence-electron chi connectivity index (χ4n) is 6.05. The Morgan fingerprint density at radius 3 is 2.64 bits per heavy atom. The molecule has 39 heavy (non-hydrogen) atoms. The minimum absolute atomic E-state index is 0.0118. The summed E-state index contributed by atoms with van der Waals surface area (Å²) in [5, 5.41) is 17.4. The van der Waals surface area contributed by atoms with Crippen LogP contribution in [0.5, 0.6) is 11.5 Å². The van der Waals surface area contributed by atoms with Crippen molar-refractivity contribution in [2.24, 2.45) is 11.1 Å². The maximum atomic E-state index is 12.8. The lowest BCUT2D eigenvalue weighted by Crippen LogP contribution is -2.59. The quantitative estimate of drug-likeness (QED) is 0.367. The summed E-state index contributed by atoms with van der Waals surface area (Å²) in [5.41, 5.74) is 8.25. The van der Waals surface area contributed by atoms with Crippen molar-refractivity contribution in [1.82, 2.24) is 14.9 Å². The summed E-state index contributed by atoms with van der Waals surface area (Å²) < 4.78 is 13.6. The van der Waals surface area contributed by atoms with Crippen LogP contribution >= 0.6 is 0 Å². The lowest BCUT2D eigenvalue weighted by atomic mass is 9.53. The molecule has 0 bridgehead atoms. The Bertz CT molecular complexity index is 1410. The third-order valence-corrected chi connectivity index (χ3v) is 8.17. The second-order valence-electron chi connectivity index (χ2n) is 12.4. The first-order valence-electron chi connectivity index (χ1n) is 13.8. The third-order valence-electron chi connectivity index (χ3n) is 8.17. The predicted octanol–water partition coefficient (Wildman–Crippen LogP) is 3.51. The maximum Gasteiger partial charge on any atom is 0.252 e. The highest BCUT2D eigenvalue weighted by Crippen LogP contribution is 2.57. The number of hydrogen-bond donors (Lipinski definition) is 3. The molecule has 3 saturated carbocycles. The molecule has 3 aliphatic carbocycles. The number of fused-ring (bicyclic) bond motifs is 1. The van der Waals surface area contributed by atoms with Crippen LogP contribution < -0.4 is 20.5 Å². The number of primary amides is 1. The molecule has 0 atom stereocenters. The Balaban J connectivity index is 0.981. The minimum Gasteiger partial charge on any atom is -0.490 e. The predicted molar refractivity (Wildman–Crippen MR) is 145 cm³/mol. The van der Waals surface area contributed by atoms with Crippen molar-refractivity contribution in [3.8, 4) is 11.5 Å². The van der Waals surface area contributed by atoms with Gasteiger partial charge in [-0.3, -0.25) is 9.59 Å². The summed E-state index contributed by atoms with van der Waals surface area (Å²) in [7, 11) is 0. The number of aliphatic hydroxyl groups is 1. The van der Waals surface area contributed by atoms with Gasteiger partial charge < -0.3 is 25.6 Å². The van der Waals surface area contributed by atoms with Crippen LogP contribution in [0.4, 0.5) is 0 Å². The molecule has 9 nitrogen and oxygen atoms in total. The van der Waals surface area contributed by atoms with Gasteiger partial charge in [0, 0.05) is 11.6 Å². The lowest BCUT2D eigenvalue weighted by Gasteiger charge is -2.57. The van der Waals surface area contributed by atoms with Crippen molar-refractivity contribution in [2.75, 3.05) is 6.61 Å². The average molecular weight is 533 g/mol. The number of rotatable bonds is 10. The van der Waals surface area contributed by atoms with Gasteiger partial charge in [-0.05, 0) is 93.5 Å². The van der Waals surface area contributed by atoms with Gasteiger partial charge in [0.1, 0.15) is 18.1 Å². The zero-order valence-electron chi connectivity index (χ0n) is 22.5. The van der Waals surface area contributed by atoms with Crippen LogP contribution in [-0.4, -0.2) is 50.9 Å². The number of carbonyl (C=O) groups is 2. The standard InChI is InChI=1S/C30H36N4O5/c1-29(2,37)17-38-22-6-8-25-20(15-32-34(25)16-22)10-27(35)33-21-11-30(12-21)13-23(14-30)39-26-9-19(18-3-4-18)5-7-24(26)28(31)36/h5-9,15-16,18,21,23,37H,3-4,10-14,17H2,1-2H3,(H2,31,36)(H,33,35). The topological polar surface area (TPSA) is 128 Å². The van der Waals surface area contributed by atoms with Gasteiger partial charge in [-0.2, -0.15) is 5.10 Å². The SMILES string of the molecule is CC(C)(O)COc1ccc2c(CC(=O)NC3CC4(C3)CC(Oc3cc(C5CC5)ccc3C(N)=O)C4)cnn2c1. The molecule has 1 spiro atoms. The molecule has 3 fully saturated rings. The van der Waals surface area contributed by atoms with Crippen LogP contribution in [0.1, 0.15) is 79.8 Å². The summed E-state index contributed by atoms with van der Waals surface area (Å²) in [4.78, 5) is 24.7. The van der Waals surface area contributed by atoms with E-state index in [2.05, 4.69) is 10.4 Å². The number of nitrogens with zero attached hydrogens (tertiary/aromatic N) is 2. The fourth-order valence-corrected chi connectivity index (χ4v) is 6.05. The molecule has 3 aromatic rings. The first-order chi connectivity index (χ1) is 18.6. The number of benzene rings is 1. The van der Waals surface area contributed by atoms with Crippen LogP contribution in [0, 0.1) is 5.41 Å². The Morgan fingerprint density at radius 1 is 1.18 bits per heavy atom. The molecule has 2 heterocycles. The highest BCUT2D eigenvalue weighted by molar-refractivity contribution is 5.95. The van der Waals surface area contributed by atoms with Crippen molar-refractivity contribution in [2.45, 2.75) is 82.5 Å². The van der Waals surface area contributed by atoms with Crippen LogP contribution in [0.15, 0.2) is 42.7 Å². The molecular weight excluding hydrogens is 496 g/mol. The number of amides is 2. The van der Waals surface area contributed by atoms with Gasteiger partial charge in [-0.25, -0.2) is 4.52 Å². The van der Waals surface area contributed by atoms with E-state index in [4.69, 9.17) is 15.2 Å². The van der Waals surface area contributed by atoms with Crippen molar-refractivity contribution in [1.29, 1.82) is 0 Å². The van der Waals surface area contributed by atoms with Gasteiger partial charge in [-0.15, -0.1) is 0 Å². The smallest absolute Gasteiger partial charge is 0.252 e. The highest BCUT2D eigenvalue weighted by Gasteiger charge is 2.54. The van der Waals surface area contributed by atoms with Crippen LogP contribution in [0.25, 0.3) is 5.52 Å². The van der Waals surface area contributed by atoms with E-state index in [1.165, 1.54) is 18.4 Å². The number of nitrogens with one attached hydrogen (secondary N) is 1.